The first kappa shape index (κ1) is 22.0. The highest BCUT2D eigenvalue weighted by Gasteiger charge is 2.16. The van der Waals surface area contributed by atoms with E-state index in [1.165, 1.54) is 5.55 Å². The number of piperazine rings is 1. The molecule has 1 aromatic heterocycles. The number of carbonyl (C=O) groups excluding carboxylic acids is 1. The van der Waals surface area contributed by atoms with Crippen LogP contribution in [-0.4, -0.2) is 61.2 Å². The number of anilines is 2. The van der Waals surface area contributed by atoms with Crippen LogP contribution in [0.25, 0.3) is 10.9 Å². The van der Waals surface area contributed by atoms with E-state index in [4.69, 9.17) is 14.5 Å². The lowest BCUT2D eigenvalue weighted by atomic mass is 10.1. The lowest BCUT2D eigenvalue weighted by Gasteiger charge is -2.33. The molecule has 2 aromatic carbocycles. The van der Waals surface area contributed by atoms with Crippen molar-refractivity contribution in [2.24, 2.45) is 0 Å². The molecule has 0 bridgehead atoms. The smallest absolute Gasteiger partial charge is 0.262 e. The number of thiocarbonyl (C=S) groups is 1. The molecule has 0 aliphatic carbocycles. The van der Waals surface area contributed by atoms with Gasteiger partial charge in [0.05, 0.1) is 5.52 Å². The molecule has 7 nitrogen and oxygen atoms in total. The molecule has 2 heterocycles. The summed E-state index contributed by atoms with van der Waals surface area (Å²) < 4.78 is 10.7. The minimum Gasteiger partial charge on any atom is -0.484 e. The molecule has 166 valence electrons. The lowest BCUT2D eigenvalue weighted by molar-refractivity contribution is -0.118. The van der Waals surface area contributed by atoms with Crippen molar-refractivity contribution in [2.45, 2.75) is 6.92 Å². The average molecular weight is 451 g/mol. The Morgan fingerprint density at radius 1 is 1.09 bits per heavy atom. The summed E-state index contributed by atoms with van der Waals surface area (Å²) in [5, 5.41) is 3.92. The zero-order valence-corrected chi connectivity index (χ0v) is 19.0. The fourth-order valence-electron chi connectivity index (χ4n) is 3.67. The topological polar surface area (TPSA) is 66.9 Å². The van der Waals surface area contributed by atoms with Gasteiger partial charge in [-0.2, -0.15) is 0 Å². The standard InChI is InChI=1S/C24H26N4O3S/c1-17-13-23(28-11-9-27(2)10-12-28)26-22-8-3-18(14-21(17)22)25-24(29)15-30-19-4-6-20(7-5-19)31-16-32/h3-8,13-14,16H,9-12,15H2,1-2H3,(H,25,29). The fourth-order valence-corrected chi connectivity index (χ4v) is 3.78. The number of amides is 1. The molecule has 1 aliphatic rings. The third-order valence-corrected chi connectivity index (χ3v) is 5.59. The average Bonchev–Trinajstić information content (AvgIpc) is 2.79. The first-order valence-electron chi connectivity index (χ1n) is 10.5. The molecule has 0 radical (unpaired) electrons. The molecule has 1 fully saturated rings. The summed E-state index contributed by atoms with van der Waals surface area (Å²) in [7, 11) is 2.14. The number of benzene rings is 2. The van der Waals surface area contributed by atoms with Gasteiger partial charge in [-0.3, -0.25) is 4.79 Å². The largest absolute Gasteiger partial charge is 0.484 e. The van der Waals surface area contributed by atoms with E-state index in [2.05, 4.69) is 47.4 Å². The fraction of sp³-hybridized carbons (Fsp3) is 0.292. The molecule has 8 heteroatoms. The van der Waals surface area contributed by atoms with Crippen LogP contribution in [0.1, 0.15) is 5.56 Å². The van der Waals surface area contributed by atoms with Gasteiger partial charge in [0.15, 0.2) is 12.2 Å². The first-order valence-corrected chi connectivity index (χ1v) is 11.0. The molecule has 1 amide bonds. The molecule has 4 rings (SSSR count). The van der Waals surface area contributed by atoms with E-state index in [0.29, 0.717) is 17.2 Å². The zero-order chi connectivity index (χ0) is 22.5. The highest BCUT2D eigenvalue weighted by Crippen LogP contribution is 2.26. The second-order valence-corrected chi connectivity index (χ2v) is 8.03. The maximum Gasteiger partial charge on any atom is 0.262 e. The second kappa shape index (κ2) is 9.93. The van der Waals surface area contributed by atoms with Crippen molar-refractivity contribution in [1.29, 1.82) is 0 Å². The van der Waals surface area contributed by atoms with E-state index >= 15 is 0 Å². The number of aryl methyl sites for hydroxylation is 1. The number of hydrogen-bond acceptors (Lipinski definition) is 7. The number of likely N-dealkylation sites (N-methyl/N-ethyl adjacent to an activating group) is 1. The number of fused-ring (bicyclic) bond motifs is 1. The molecule has 0 atom stereocenters. The number of hydrogen-bond donors (Lipinski definition) is 1. The monoisotopic (exact) mass is 450 g/mol. The SMILES string of the molecule is Cc1cc(N2CCN(C)CC2)nc2ccc(NC(=O)COc3ccc(OC=S)cc3)cc12. The normalized spacial score (nSPS) is 14.2. The lowest BCUT2D eigenvalue weighted by Crippen LogP contribution is -2.44. The maximum atomic E-state index is 12.4. The summed E-state index contributed by atoms with van der Waals surface area (Å²) in [5.74, 6) is 1.97. The van der Waals surface area contributed by atoms with Crippen LogP contribution in [0, 0.1) is 6.92 Å². The van der Waals surface area contributed by atoms with Crippen molar-refractivity contribution in [3.63, 3.8) is 0 Å². The summed E-state index contributed by atoms with van der Waals surface area (Å²) in [5.41, 5.74) is 3.96. The van der Waals surface area contributed by atoms with Crippen LogP contribution in [0.2, 0.25) is 0 Å². The Balaban J connectivity index is 1.39. The van der Waals surface area contributed by atoms with Gasteiger partial charge in [0.25, 0.3) is 5.91 Å². The van der Waals surface area contributed by atoms with Gasteiger partial charge in [0.1, 0.15) is 17.3 Å². The van der Waals surface area contributed by atoms with Gasteiger partial charge in [-0.1, -0.05) is 0 Å². The van der Waals surface area contributed by atoms with Crippen molar-refractivity contribution >= 4 is 46.1 Å². The van der Waals surface area contributed by atoms with Crippen molar-refractivity contribution in [3.8, 4) is 11.5 Å². The van der Waals surface area contributed by atoms with Crippen LogP contribution in [-0.2, 0) is 4.79 Å². The van der Waals surface area contributed by atoms with Gasteiger partial charge >= 0.3 is 0 Å². The third-order valence-electron chi connectivity index (χ3n) is 5.49. The van der Waals surface area contributed by atoms with E-state index < -0.39 is 0 Å². The van der Waals surface area contributed by atoms with Gasteiger partial charge in [0.2, 0.25) is 0 Å². The van der Waals surface area contributed by atoms with Gasteiger partial charge in [-0.05, 0) is 80.3 Å². The Morgan fingerprint density at radius 3 is 2.53 bits per heavy atom. The summed E-state index contributed by atoms with van der Waals surface area (Å²) in [6, 6.07) is 14.8. The van der Waals surface area contributed by atoms with Gasteiger partial charge in [-0.15, -0.1) is 0 Å². The Kier molecular flexibility index (Phi) is 6.82. The quantitative estimate of drug-likeness (QED) is 0.551. The minimum absolute atomic E-state index is 0.0923. The minimum atomic E-state index is -0.233. The molecule has 0 unspecified atom stereocenters. The van der Waals surface area contributed by atoms with Crippen molar-refractivity contribution in [2.75, 3.05) is 50.1 Å². The number of aromatic nitrogens is 1. The van der Waals surface area contributed by atoms with E-state index in [9.17, 15) is 4.79 Å². The summed E-state index contributed by atoms with van der Waals surface area (Å²) in [6.07, 6.45) is 0. The van der Waals surface area contributed by atoms with E-state index in [1.54, 1.807) is 24.3 Å². The van der Waals surface area contributed by atoms with Gasteiger partial charge in [0, 0.05) is 37.3 Å². The molecule has 32 heavy (non-hydrogen) atoms. The number of nitrogens with one attached hydrogen (secondary N) is 1. The summed E-state index contributed by atoms with van der Waals surface area (Å²) in [6.45, 7) is 6.02. The van der Waals surface area contributed by atoms with Crippen LogP contribution in [0.3, 0.4) is 0 Å². The Hall–Kier alpha value is -3.23. The molecule has 1 aliphatic heterocycles. The second-order valence-electron chi connectivity index (χ2n) is 7.84. The van der Waals surface area contributed by atoms with Crippen LogP contribution in [0.15, 0.2) is 48.5 Å². The van der Waals surface area contributed by atoms with Crippen LogP contribution in [0.4, 0.5) is 11.5 Å². The van der Waals surface area contributed by atoms with Crippen LogP contribution in [0.5, 0.6) is 11.5 Å². The van der Waals surface area contributed by atoms with Crippen molar-refractivity contribution in [1.82, 2.24) is 9.88 Å². The highest BCUT2D eigenvalue weighted by molar-refractivity contribution is 7.78. The van der Waals surface area contributed by atoms with E-state index in [-0.39, 0.29) is 12.5 Å². The van der Waals surface area contributed by atoms with Gasteiger partial charge in [-0.25, -0.2) is 4.98 Å². The number of rotatable bonds is 7. The van der Waals surface area contributed by atoms with Crippen LogP contribution < -0.4 is 19.7 Å². The molecular weight excluding hydrogens is 424 g/mol. The molecule has 0 saturated carbocycles. The molecule has 3 aromatic rings. The number of nitrogens with zero attached hydrogens (tertiary/aromatic N) is 3. The Labute approximate surface area is 192 Å². The zero-order valence-electron chi connectivity index (χ0n) is 18.2. The highest BCUT2D eigenvalue weighted by atomic mass is 32.1. The van der Waals surface area contributed by atoms with Crippen molar-refractivity contribution in [3.05, 3.63) is 54.1 Å². The predicted molar refractivity (Wildman–Crippen MR) is 131 cm³/mol. The summed E-state index contributed by atoms with van der Waals surface area (Å²) in [4.78, 5) is 21.9. The summed E-state index contributed by atoms with van der Waals surface area (Å²) >= 11 is 4.65. The third kappa shape index (κ3) is 5.33. The maximum absolute atomic E-state index is 12.4. The first-order chi connectivity index (χ1) is 15.5. The molecule has 1 N–H and O–H groups in total. The van der Waals surface area contributed by atoms with Gasteiger partial charge < -0.3 is 24.6 Å². The molecule has 0 spiro atoms. The molecular formula is C24H26N4O3S. The Morgan fingerprint density at radius 2 is 1.81 bits per heavy atom. The number of pyridine rings is 1. The number of carbonyl (C=O) groups is 1. The number of ether oxygens (including phenoxy) is 2. The molecule has 1 saturated heterocycles. The van der Waals surface area contributed by atoms with Crippen LogP contribution >= 0.6 is 12.2 Å². The Bertz CT molecular complexity index is 1110. The van der Waals surface area contributed by atoms with E-state index in [1.807, 2.05) is 18.2 Å². The van der Waals surface area contributed by atoms with Crippen molar-refractivity contribution < 1.29 is 14.3 Å². The predicted octanol–water partition coefficient (Wildman–Crippen LogP) is 3.65. The van der Waals surface area contributed by atoms with E-state index in [0.717, 1.165) is 48.5 Å².